The van der Waals surface area contributed by atoms with Crippen LogP contribution in [0.15, 0.2) is 0 Å². The number of amides is 1. The van der Waals surface area contributed by atoms with E-state index < -0.39 is 0 Å². The summed E-state index contributed by atoms with van der Waals surface area (Å²) in [6, 6.07) is 0.467. The molecule has 1 aliphatic heterocycles. The zero-order chi connectivity index (χ0) is 10.7. The van der Waals surface area contributed by atoms with E-state index in [1.807, 2.05) is 0 Å². The Hall–Kier alpha value is -0.530. The molecular formula is C12H23NO. The van der Waals surface area contributed by atoms with Crippen LogP contribution in [0, 0.1) is 11.8 Å². The van der Waals surface area contributed by atoms with Gasteiger partial charge in [0, 0.05) is 18.5 Å². The predicted molar refractivity (Wildman–Crippen MR) is 59.0 cm³/mol. The summed E-state index contributed by atoms with van der Waals surface area (Å²) >= 11 is 0. The van der Waals surface area contributed by atoms with Gasteiger partial charge in [0.15, 0.2) is 0 Å². The van der Waals surface area contributed by atoms with Gasteiger partial charge in [0.05, 0.1) is 0 Å². The highest BCUT2D eigenvalue weighted by Crippen LogP contribution is 2.23. The van der Waals surface area contributed by atoms with Crippen molar-refractivity contribution in [3.05, 3.63) is 0 Å². The van der Waals surface area contributed by atoms with Gasteiger partial charge >= 0.3 is 0 Å². The quantitative estimate of drug-likeness (QED) is 0.681. The summed E-state index contributed by atoms with van der Waals surface area (Å²) in [6.45, 7) is 9.53. The largest absolute Gasteiger partial charge is 0.340 e. The topological polar surface area (TPSA) is 20.3 Å². The Morgan fingerprint density at radius 3 is 2.57 bits per heavy atom. The van der Waals surface area contributed by atoms with Gasteiger partial charge < -0.3 is 4.90 Å². The van der Waals surface area contributed by atoms with Gasteiger partial charge in [-0.3, -0.25) is 4.79 Å². The maximum absolute atomic E-state index is 12.1. The molecule has 0 aromatic rings. The first-order valence-electron chi connectivity index (χ1n) is 5.88. The third-order valence-electron chi connectivity index (χ3n) is 3.72. The van der Waals surface area contributed by atoms with Gasteiger partial charge in [-0.15, -0.1) is 0 Å². The van der Waals surface area contributed by atoms with Crippen LogP contribution >= 0.6 is 0 Å². The Bertz CT molecular complexity index is 202. The van der Waals surface area contributed by atoms with E-state index in [2.05, 4.69) is 32.6 Å². The number of rotatable bonds is 3. The van der Waals surface area contributed by atoms with Gasteiger partial charge in [0.25, 0.3) is 0 Å². The lowest BCUT2D eigenvalue weighted by Gasteiger charge is -2.27. The second-order valence-electron chi connectivity index (χ2n) is 4.70. The van der Waals surface area contributed by atoms with Crippen LogP contribution in [0.5, 0.6) is 0 Å². The van der Waals surface area contributed by atoms with Crippen molar-refractivity contribution in [3.8, 4) is 0 Å². The molecule has 2 heteroatoms. The molecule has 0 aromatic carbocycles. The second-order valence-corrected chi connectivity index (χ2v) is 4.70. The summed E-state index contributed by atoms with van der Waals surface area (Å²) in [5, 5.41) is 0. The van der Waals surface area contributed by atoms with Crippen LogP contribution in [0.4, 0.5) is 0 Å². The molecular weight excluding hydrogens is 174 g/mol. The molecule has 0 bridgehead atoms. The zero-order valence-electron chi connectivity index (χ0n) is 9.92. The lowest BCUT2D eigenvalue weighted by molar-refractivity contribution is -0.137. The van der Waals surface area contributed by atoms with E-state index in [9.17, 15) is 4.79 Å². The van der Waals surface area contributed by atoms with Gasteiger partial charge in [-0.1, -0.05) is 27.2 Å². The molecule has 0 N–H and O–H groups in total. The van der Waals surface area contributed by atoms with Crippen molar-refractivity contribution in [1.29, 1.82) is 0 Å². The lowest BCUT2D eigenvalue weighted by Crippen LogP contribution is -2.39. The summed E-state index contributed by atoms with van der Waals surface area (Å²) in [4.78, 5) is 14.1. The molecule has 0 radical (unpaired) electrons. The molecule has 0 spiro atoms. The summed E-state index contributed by atoms with van der Waals surface area (Å²) in [5.74, 6) is 1.07. The van der Waals surface area contributed by atoms with Gasteiger partial charge in [0.1, 0.15) is 0 Å². The van der Waals surface area contributed by atoms with Crippen molar-refractivity contribution in [1.82, 2.24) is 4.90 Å². The van der Waals surface area contributed by atoms with E-state index >= 15 is 0 Å². The molecule has 0 aliphatic carbocycles. The van der Waals surface area contributed by atoms with Crippen LogP contribution in [0.25, 0.3) is 0 Å². The first-order valence-corrected chi connectivity index (χ1v) is 5.88. The van der Waals surface area contributed by atoms with Gasteiger partial charge in [0.2, 0.25) is 5.91 Å². The highest BCUT2D eigenvalue weighted by atomic mass is 16.2. The molecule has 0 aromatic heterocycles. The van der Waals surface area contributed by atoms with E-state index in [4.69, 9.17) is 0 Å². The normalized spacial score (nSPS) is 26.3. The van der Waals surface area contributed by atoms with Gasteiger partial charge in [-0.25, -0.2) is 0 Å². The van der Waals surface area contributed by atoms with Crippen molar-refractivity contribution in [3.63, 3.8) is 0 Å². The van der Waals surface area contributed by atoms with Gasteiger partial charge in [-0.05, 0) is 25.7 Å². The van der Waals surface area contributed by atoms with Gasteiger partial charge in [-0.2, -0.15) is 0 Å². The molecule has 14 heavy (non-hydrogen) atoms. The summed E-state index contributed by atoms with van der Waals surface area (Å²) in [5.41, 5.74) is 0. The summed E-state index contributed by atoms with van der Waals surface area (Å²) in [7, 11) is 0. The minimum Gasteiger partial charge on any atom is -0.340 e. The van der Waals surface area contributed by atoms with Crippen molar-refractivity contribution >= 4 is 5.91 Å². The highest BCUT2D eigenvalue weighted by molar-refractivity contribution is 5.79. The van der Waals surface area contributed by atoms with E-state index in [1.54, 1.807) is 0 Å². The Balaban J connectivity index is 2.55. The average Bonchev–Trinajstić information content (AvgIpc) is 2.61. The third kappa shape index (κ3) is 2.28. The van der Waals surface area contributed by atoms with Crippen LogP contribution in [-0.4, -0.2) is 23.4 Å². The van der Waals surface area contributed by atoms with Crippen molar-refractivity contribution < 1.29 is 4.79 Å². The molecule has 1 heterocycles. The molecule has 2 nitrogen and oxygen atoms in total. The first-order chi connectivity index (χ1) is 6.57. The van der Waals surface area contributed by atoms with Crippen LogP contribution in [0.2, 0.25) is 0 Å². The van der Waals surface area contributed by atoms with Crippen LogP contribution < -0.4 is 0 Å². The average molecular weight is 197 g/mol. The van der Waals surface area contributed by atoms with Crippen LogP contribution in [-0.2, 0) is 4.79 Å². The molecule has 1 amide bonds. The molecule has 1 rings (SSSR count). The van der Waals surface area contributed by atoms with Crippen molar-refractivity contribution in [2.24, 2.45) is 11.8 Å². The van der Waals surface area contributed by atoms with Crippen LogP contribution in [0.3, 0.4) is 0 Å². The Labute approximate surface area is 87.7 Å². The minimum atomic E-state index is 0.195. The summed E-state index contributed by atoms with van der Waals surface area (Å²) < 4.78 is 0. The number of likely N-dealkylation sites (tertiary alicyclic amines) is 1. The van der Waals surface area contributed by atoms with Crippen LogP contribution in [0.1, 0.15) is 47.0 Å². The summed E-state index contributed by atoms with van der Waals surface area (Å²) in [6.07, 6.45) is 3.45. The smallest absolute Gasteiger partial charge is 0.225 e. The molecule has 82 valence electrons. The third-order valence-corrected chi connectivity index (χ3v) is 3.72. The molecule has 3 atom stereocenters. The Morgan fingerprint density at radius 1 is 1.50 bits per heavy atom. The van der Waals surface area contributed by atoms with E-state index in [0.717, 1.165) is 13.0 Å². The predicted octanol–water partition coefficient (Wildman–Crippen LogP) is 2.68. The number of carbonyl (C=O) groups excluding carboxylic acids is 1. The number of hydrogen-bond acceptors (Lipinski definition) is 1. The molecule has 1 saturated heterocycles. The SMILES string of the molecule is CC[C@H](C)[C@H](C)C(=O)N1CCC[C@H]1C. The van der Waals surface area contributed by atoms with Crippen molar-refractivity contribution in [2.75, 3.05) is 6.54 Å². The van der Waals surface area contributed by atoms with Crippen molar-refractivity contribution in [2.45, 2.75) is 53.0 Å². The molecule has 0 unspecified atom stereocenters. The standard InChI is InChI=1S/C12H23NO/c1-5-9(2)11(4)12(14)13-8-6-7-10(13)3/h9-11H,5-8H2,1-4H3/t9-,10+,11-/m0/s1. The monoisotopic (exact) mass is 197 g/mol. The number of hydrogen-bond donors (Lipinski definition) is 0. The van der Waals surface area contributed by atoms with E-state index in [-0.39, 0.29) is 5.92 Å². The van der Waals surface area contributed by atoms with E-state index in [1.165, 1.54) is 12.8 Å². The number of nitrogens with zero attached hydrogens (tertiary/aromatic N) is 1. The molecule has 0 saturated carbocycles. The maximum Gasteiger partial charge on any atom is 0.225 e. The van der Waals surface area contributed by atoms with E-state index in [0.29, 0.717) is 17.9 Å². The fourth-order valence-corrected chi connectivity index (χ4v) is 2.12. The lowest BCUT2D eigenvalue weighted by atomic mass is 9.92. The Morgan fingerprint density at radius 2 is 2.14 bits per heavy atom. The highest BCUT2D eigenvalue weighted by Gasteiger charge is 2.30. The molecule has 1 aliphatic rings. The second kappa shape index (κ2) is 4.81. The fourth-order valence-electron chi connectivity index (χ4n) is 2.12. The fraction of sp³-hybridized carbons (Fsp3) is 0.917. The zero-order valence-corrected chi connectivity index (χ0v) is 9.92. The first kappa shape index (κ1) is 11.5. The number of carbonyl (C=O) groups is 1. The molecule has 1 fully saturated rings. The minimum absolute atomic E-state index is 0.195. The maximum atomic E-state index is 12.1. The Kier molecular flexibility index (Phi) is 3.97.